The van der Waals surface area contributed by atoms with E-state index >= 15 is 0 Å². The highest BCUT2D eigenvalue weighted by Gasteiger charge is 2.38. The number of hydrogen-bond donors (Lipinski definition) is 0. The molecule has 9 heteroatoms. The standard InChI is InChI=1S/C22H23N3O3S3/c1-5-25-20(26)17(30-21(25)23-31(27,28)19-11-8-14-29-19)12-13-18-22(2,3)15-9-6-7-10-16(15)24(18)4/h6-14H,5H2,1-4H3. The molecule has 6 nitrogen and oxygen atoms in total. The molecule has 31 heavy (non-hydrogen) atoms. The van der Waals surface area contributed by atoms with E-state index in [2.05, 4.69) is 35.3 Å². The summed E-state index contributed by atoms with van der Waals surface area (Å²) in [6.07, 6.45) is 3.72. The summed E-state index contributed by atoms with van der Waals surface area (Å²) in [7, 11) is -1.83. The number of para-hydroxylation sites is 1. The van der Waals surface area contributed by atoms with Crippen molar-refractivity contribution in [1.82, 2.24) is 4.90 Å². The molecular weight excluding hydrogens is 450 g/mol. The zero-order valence-electron chi connectivity index (χ0n) is 17.7. The molecule has 0 spiro atoms. The molecule has 1 aromatic heterocycles. The van der Waals surface area contributed by atoms with Crippen LogP contribution in [0.5, 0.6) is 0 Å². The van der Waals surface area contributed by atoms with Gasteiger partial charge < -0.3 is 4.90 Å². The Morgan fingerprint density at radius 2 is 1.87 bits per heavy atom. The molecule has 2 aliphatic rings. The predicted octanol–water partition coefficient (Wildman–Crippen LogP) is 4.58. The highest BCUT2D eigenvalue weighted by atomic mass is 32.2. The van der Waals surface area contributed by atoms with Crippen molar-refractivity contribution in [2.75, 3.05) is 18.5 Å². The fourth-order valence-corrected chi connectivity index (χ4v) is 7.04. The monoisotopic (exact) mass is 473 g/mol. The molecule has 0 N–H and O–H groups in total. The summed E-state index contributed by atoms with van der Waals surface area (Å²) >= 11 is 2.20. The van der Waals surface area contributed by atoms with E-state index in [0.29, 0.717) is 11.4 Å². The number of benzene rings is 1. The van der Waals surface area contributed by atoms with E-state index in [1.165, 1.54) is 16.5 Å². The number of carbonyl (C=O) groups excluding carboxylic acids is 1. The van der Waals surface area contributed by atoms with Crippen LogP contribution in [0.2, 0.25) is 0 Å². The van der Waals surface area contributed by atoms with Crippen molar-refractivity contribution in [3.63, 3.8) is 0 Å². The molecule has 0 radical (unpaired) electrons. The Labute approximate surface area is 191 Å². The lowest BCUT2D eigenvalue weighted by Gasteiger charge is -2.23. The number of thioether (sulfide) groups is 1. The van der Waals surface area contributed by atoms with Gasteiger partial charge in [0, 0.05) is 30.4 Å². The Bertz CT molecular complexity index is 1230. The number of thiophene rings is 1. The number of anilines is 1. The number of amides is 1. The minimum Gasteiger partial charge on any atom is -0.347 e. The van der Waals surface area contributed by atoms with Crippen LogP contribution in [0, 0.1) is 0 Å². The van der Waals surface area contributed by atoms with E-state index in [0.717, 1.165) is 34.5 Å². The van der Waals surface area contributed by atoms with E-state index < -0.39 is 10.0 Å². The second kappa shape index (κ2) is 7.96. The second-order valence-electron chi connectivity index (χ2n) is 7.72. The van der Waals surface area contributed by atoms with Gasteiger partial charge in [-0.3, -0.25) is 9.69 Å². The third kappa shape index (κ3) is 3.75. The lowest BCUT2D eigenvalue weighted by Crippen LogP contribution is -2.29. The number of fused-ring (bicyclic) bond motifs is 1. The summed E-state index contributed by atoms with van der Waals surface area (Å²) in [6.45, 7) is 6.46. The van der Waals surface area contributed by atoms with E-state index in [1.807, 2.05) is 25.3 Å². The predicted molar refractivity (Wildman–Crippen MR) is 128 cm³/mol. The third-order valence-electron chi connectivity index (χ3n) is 5.48. The summed E-state index contributed by atoms with van der Waals surface area (Å²) in [5.74, 6) is -0.236. The average Bonchev–Trinajstić information content (AvgIpc) is 3.40. The summed E-state index contributed by atoms with van der Waals surface area (Å²) in [5, 5.41) is 1.88. The van der Waals surface area contributed by atoms with Gasteiger partial charge in [-0.05, 0) is 53.9 Å². The van der Waals surface area contributed by atoms with Crippen LogP contribution in [0.1, 0.15) is 26.3 Å². The van der Waals surface area contributed by atoms with Crippen LogP contribution < -0.4 is 4.90 Å². The van der Waals surface area contributed by atoms with Crippen LogP contribution in [0.25, 0.3) is 0 Å². The highest BCUT2D eigenvalue weighted by molar-refractivity contribution is 8.19. The van der Waals surface area contributed by atoms with Gasteiger partial charge >= 0.3 is 0 Å². The smallest absolute Gasteiger partial charge is 0.294 e. The molecule has 1 aromatic carbocycles. The van der Waals surface area contributed by atoms with E-state index in [1.54, 1.807) is 24.4 Å². The van der Waals surface area contributed by atoms with Crippen LogP contribution in [0.15, 0.2) is 73.1 Å². The average molecular weight is 474 g/mol. The van der Waals surface area contributed by atoms with Gasteiger partial charge in [0.15, 0.2) is 5.17 Å². The maximum Gasteiger partial charge on any atom is 0.294 e. The van der Waals surface area contributed by atoms with Crippen LogP contribution in [0.3, 0.4) is 0 Å². The molecule has 1 fully saturated rings. The van der Waals surface area contributed by atoms with Gasteiger partial charge in [0.2, 0.25) is 0 Å². The molecule has 0 atom stereocenters. The van der Waals surface area contributed by atoms with E-state index in [4.69, 9.17) is 0 Å². The van der Waals surface area contributed by atoms with Crippen molar-refractivity contribution >= 4 is 49.9 Å². The SMILES string of the molecule is CCN1C(=O)C(=CC=C2N(C)c3ccccc3C2(C)C)SC1=NS(=O)(=O)c1cccs1. The molecule has 0 bridgehead atoms. The Kier molecular flexibility index (Phi) is 5.61. The van der Waals surface area contributed by atoms with Gasteiger partial charge in [-0.25, -0.2) is 0 Å². The number of likely N-dealkylation sites (N-methyl/N-ethyl adjacent to an activating group) is 2. The third-order valence-corrected chi connectivity index (χ3v) is 9.27. The van der Waals surface area contributed by atoms with E-state index in [-0.39, 0.29) is 20.7 Å². The quantitative estimate of drug-likeness (QED) is 0.608. The molecule has 0 saturated carbocycles. The molecule has 4 rings (SSSR count). The molecule has 2 aromatic rings. The normalized spacial score (nSPS) is 22.2. The summed E-state index contributed by atoms with van der Waals surface area (Å²) < 4.78 is 29.3. The summed E-state index contributed by atoms with van der Waals surface area (Å²) in [5.41, 5.74) is 3.22. The molecule has 0 aliphatic carbocycles. The lowest BCUT2D eigenvalue weighted by atomic mass is 9.84. The number of rotatable bonds is 4. The lowest BCUT2D eigenvalue weighted by molar-refractivity contribution is -0.122. The first-order valence-electron chi connectivity index (χ1n) is 9.80. The minimum atomic E-state index is -3.84. The van der Waals surface area contributed by atoms with Gasteiger partial charge in [-0.15, -0.1) is 15.7 Å². The van der Waals surface area contributed by atoms with Crippen molar-refractivity contribution in [3.05, 3.63) is 70.1 Å². The number of hydrogen-bond acceptors (Lipinski definition) is 6. The van der Waals surface area contributed by atoms with E-state index in [9.17, 15) is 13.2 Å². The molecule has 3 heterocycles. The zero-order chi connectivity index (χ0) is 22.4. The number of allylic oxidation sites excluding steroid dienone is 3. The van der Waals surface area contributed by atoms with Gasteiger partial charge in [0.25, 0.3) is 15.9 Å². The maximum atomic E-state index is 12.9. The second-order valence-corrected chi connectivity index (χ2v) is 11.5. The fourth-order valence-electron chi connectivity index (χ4n) is 3.88. The Morgan fingerprint density at radius 1 is 1.13 bits per heavy atom. The Morgan fingerprint density at radius 3 is 2.52 bits per heavy atom. The van der Waals surface area contributed by atoms with Crippen LogP contribution in [-0.2, 0) is 20.2 Å². The zero-order valence-corrected chi connectivity index (χ0v) is 20.1. The number of carbonyl (C=O) groups is 1. The molecule has 1 saturated heterocycles. The maximum absolute atomic E-state index is 12.9. The van der Waals surface area contributed by atoms with Crippen molar-refractivity contribution in [2.24, 2.45) is 4.40 Å². The Balaban J connectivity index is 1.68. The van der Waals surface area contributed by atoms with Crippen molar-refractivity contribution in [2.45, 2.75) is 30.4 Å². The summed E-state index contributed by atoms with van der Waals surface area (Å²) in [4.78, 5) is 16.9. The first kappa shape index (κ1) is 21.9. The van der Waals surface area contributed by atoms with Gasteiger partial charge in [0.05, 0.1) is 4.91 Å². The number of sulfonamides is 1. The topological polar surface area (TPSA) is 70.1 Å². The minimum absolute atomic E-state index is 0.163. The van der Waals surface area contributed by atoms with Crippen LogP contribution in [-0.4, -0.2) is 38.0 Å². The fraction of sp³-hybridized carbons (Fsp3) is 0.273. The molecule has 2 aliphatic heterocycles. The molecular formula is C22H23N3O3S3. The van der Waals surface area contributed by atoms with Gasteiger partial charge in [-0.2, -0.15) is 8.42 Å². The van der Waals surface area contributed by atoms with Gasteiger partial charge in [-0.1, -0.05) is 38.1 Å². The summed E-state index contributed by atoms with van der Waals surface area (Å²) in [6, 6.07) is 11.4. The van der Waals surface area contributed by atoms with Crippen LogP contribution >= 0.6 is 23.1 Å². The number of nitrogens with zero attached hydrogens (tertiary/aromatic N) is 3. The van der Waals surface area contributed by atoms with Crippen molar-refractivity contribution in [1.29, 1.82) is 0 Å². The van der Waals surface area contributed by atoms with Crippen molar-refractivity contribution in [3.8, 4) is 0 Å². The highest BCUT2D eigenvalue weighted by Crippen LogP contribution is 2.46. The molecule has 0 unspecified atom stereocenters. The first-order valence-corrected chi connectivity index (χ1v) is 12.9. The van der Waals surface area contributed by atoms with Gasteiger partial charge in [0.1, 0.15) is 4.21 Å². The Hall–Kier alpha value is -2.36. The van der Waals surface area contributed by atoms with Crippen molar-refractivity contribution < 1.29 is 13.2 Å². The molecule has 162 valence electrons. The first-order chi connectivity index (χ1) is 14.7. The molecule has 1 amide bonds. The largest absolute Gasteiger partial charge is 0.347 e. The number of amidine groups is 1. The van der Waals surface area contributed by atoms with Crippen LogP contribution in [0.4, 0.5) is 5.69 Å².